The van der Waals surface area contributed by atoms with Crippen molar-refractivity contribution in [3.8, 4) is 5.75 Å². The third-order valence-corrected chi connectivity index (χ3v) is 6.30. The molecule has 3 rings (SSSR count). The number of hydrogen-bond acceptors (Lipinski definition) is 7. The molecule has 4 atom stereocenters. The van der Waals surface area contributed by atoms with Crippen LogP contribution in [0.5, 0.6) is 5.75 Å². The van der Waals surface area contributed by atoms with Crippen LogP contribution in [0.4, 0.5) is 0 Å². The van der Waals surface area contributed by atoms with E-state index >= 15 is 0 Å². The van der Waals surface area contributed by atoms with Gasteiger partial charge in [-0.25, -0.2) is 4.79 Å². The normalized spacial score (nSPS) is 23.8. The van der Waals surface area contributed by atoms with Crippen LogP contribution in [0.3, 0.4) is 0 Å². The van der Waals surface area contributed by atoms with Crippen molar-refractivity contribution in [2.24, 2.45) is 11.8 Å². The maximum absolute atomic E-state index is 13.7. The predicted molar refractivity (Wildman–Crippen MR) is 119 cm³/mol. The first-order valence-electron chi connectivity index (χ1n) is 10.9. The van der Waals surface area contributed by atoms with E-state index in [1.54, 1.807) is 20.1 Å². The number of methoxy groups -OCH3 is 2. The SMILES string of the molecule is CC[C@H](C)OC(=O)C1=C(C)NC2=C(C(=O)[C@H](C(=O)OC)[C@@H](C)C2)[C@@H]1c1ccccc1OC. The lowest BCUT2D eigenvalue weighted by Gasteiger charge is -2.38. The van der Waals surface area contributed by atoms with Crippen molar-refractivity contribution in [3.05, 3.63) is 52.4 Å². The van der Waals surface area contributed by atoms with Crippen molar-refractivity contribution in [2.75, 3.05) is 14.2 Å². The zero-order valence-electron chi connectivity index (χ0n) is 19.5. The molecule has 0 fully saturated rings. The standard InChI is InChI=1S/C25H31NO6/c1-7-14(3)32-25(29)20-15(4)26-17-12-13(2)19(24(28)31-6)23(27)22(17)21(20)16-10-8-9-11-18(16)30-5/h8-11,13-14,19,21,26H,7,12H2,1-6H3/t13-,14-,19+,21+/m0/s1. The Bertz CT molecular complexity index is 992. The smallest absolute Gasteiger partial charge is 0.337 e. The van der Waals surface area contributed by atoms with Crippen LogP contribution in [0.2, 0.25) is 0 Å². The predicted octanol–water partition coefficient (Wildman–Crippen LogP) is 3.65. The van der Waals surface area contributed by atoms with E-state index in [1.807, 2.05) is 39.0 Å². The van der Waals surface area contributed by atoms with E-state index in [0.717, 1.165) is 5.70 Å². The fraction of sp³-hybridized carbons (Fsp3) is 0.480. The highest BCUT2D eigenvalue weighted by molar-refractivity contribution is 6.12. The molecule has 7 nitrogen and oxygen atoms in total. The fourth-order valence-electron chi connectivity index (χ4n) is 4.50. The average Bonchev–Trinajstić information content (AvgIpc) is 2.77. The number of nitrogens with one attached hydrogen (secondary N) is 1. The van der Waals surface area contributed by atoms with Crippen LogP contribution in [0.25, 0.3) is 0 Å². The van der Waals surface area contributed by atoms with Gasteiger partial charge in [-0.2, -0.15) is 0 Å². The van der Waals surface area contributed by atoms with Crippen molar-refractivity contribution in [2.45, 2.75) is 52.6 Å². The molecule has 1 aromatic carbocycles. The lowest BCUT2D eigenvalue weighted by atomic mass is 9.69. The molecule has 172 valence electrons. The number of ketones is 1. The quantitative estimate of drug-likeness (QED) is 0.532. The molecule has 1 aliphatic carbocycles. The molecule has 32 heavy (non-hydrogen) atoms. The number of Topliss-reactive ketones (excluding diaryl/α,β-unsaturated/α-hetero) is 1. The second kappa shape index (κ2) is 9.59. The van der Waals surface area contributed by atoms with Crippen LogP contribution in [0, 0.1) is 11.8 Å². The second-order valence-electron chi connectivity index (χ2n) is 8.40. The first kappa shape index (κ1) is 23.6. The van der Waals surface area contributed by atoms with Crippen LogP contribution in [-0.4, -0.2) is 38.0 Å². The zero-order valence-corrected chi connectivity index (χ0v) is 19.5. The minimum atomic E-state index is -0.928. The number of rotatable bonds is 6. The minimum absolute atomic E-state index is 0.235. The zero-order chi connectivity index (χ0) is 23.6. The molecule has 0 radical (unpaired) electrons. The Morgan fingerprint density at radius 2 is 1.91 bits per heavy atom. The summed E-state index contributed by atoms with van der Waals surface area (Å²) in [5.41, 5.74) is 2.76. The van der Waals surface area contributed by atoms with Gasteiger partial charge in [0.15, 0.2) is 5.78 Å². The largest absolute Gasteiger partial charge is 0.496 e. The van der Waals surface area contributed by atoms with Gasteiger partial charge in [-0.15, -0.1) is 0 Å². The second-order valence-corrected chi connectivity index (χ2v) is 8.40. The van der Waals surface area contributed by atoms with Crippen LogP contribution >= 0.6 is 0 Å². The molecule has 2 aliphatic rings. The van der Waals surface area contributed by atoms with Gasteiger partial charge in [0, 0.05) is 22.5 Å². The molecule has 0 unspecified atom stereocenters. The summed E-state index contributed by atoms with van der Waals surface area (Å²) in [6, 6.07) is 7.29. The number of esters is 2. The number of benzene rings is 1. The third kappa shape index (κ3) is 4.16. The molecule has 0 saturated carbocycles. The topological polar surface area (TPSA) is 90.9 Å². The monoisotopic (exact) mass is 441 g/mol. The molecule has 0 saturated heterocycles. The summed E-state index contributed by atoms with van der Waals surface area (Å²) in [5, 5.41) is 3.26. The van der Waals surface area contributed by atoms with Crippen LogP contribution < -0.4 is 10.1 Å². The van der Waals surface area contributed by atoms with Gasteiger partial charge in [0.2, 0.25) is 0 Å². The lowest BCUT2D eigenvalue weighted by molar-refractivity contribution is -0.151. The Morgan fingerprint density at radius 1 is 1.22 bits per heavy atom. The molecule has 7 heteroatoms. The first-order valence-corrected chi connectivity index (χ1v) is 10.9. The van der Waals surface area contributed by atoms with Crippen molar-refractivity contribution in [1.29, 1.82) is 0 Å². The highest BCUT2D eigenvalue weighted by atomic mass is 16.5. The molecule has 0 bridgehead atoms. The Balaban J connectivity index is 2.21. The molecular formula is C25H31NO6. The van der Waals surface area contributed by atoms with Crippen LogP contribution in [0.1, 0.15) is 52.0 Å². The number of dihydropyridines is 1. The van der Waals surface area contributed by atoms with E-state index in [0.29, 0.717) is 41.0 Å². The molecule has 1 N–H and O–H groups in total. The molecule has 0 amide bonds. The van der Waals surface area contributed by atoms with Crippen molar-refractivity contribution < 1.29 is 28.6 Å². The Kier molecular flexibility index (Phi) is 7.06. The summed E-state index contributed by atoms with van der Waals surface area (Å²) in [7, 11) is 2.83. The summed E-state index contributed by atoms with van der Waals surface area (Å²) < 4.78 is 16.2. The van der Waals surface area contributed by atoms with E-state index in [2.05, 4.69) is 5.32 Å². The number of carbonyl (C=O) groups is 3. The van der Waals surface area contributed by atoms with Crippen LogP contribution in [0.15, 0.2) is 46.8 Å². The average molecular weight is 442 g/mol. The van der Waals surface area contributed by atoms with E-state index < -0.39 is 23.8 Å². The maximum Gasteiger partial charge on any atom is 0.337 e. The maximum atomic E-state index is 13.7. The highest BCUT2D eigenvalue weighted by Crippen LogP contribution is 2.47. The number of para-hydroxylation sites is 1. The number of allylic oxidation sites excluding steroid dienone is 3. The number of ether oxygens (including phenoxy) is 3. The number of carbonyl (C=O) groups excluding carboxylic acids is 3. The van der Waals surface area contributed by atoms with Gasteiger partial charge in [-0.1, -0.05) is 32.0 Å². The van der Waals surface area contributed by atoms with Crippen molar-refractivity contribution in [1.82, 2.24) is 5.32 Å². The number of hydrogen-bond donors (Lipinski definition) is 1. The van der Waals surface area contributed by atoms with E-state index in [4.69, 9.17) is 14.2 Å². The van der Waals surface area contributed by atoms with Crippen molar-refractivity contribution >= 4 is 17.7 Å². The Hall–Kier alpha value is -3.09. The lowest BCUT2D eigenvalue weighted by Crippen LogP contribution is -2.43. The first-order chi connectivity index (χ1) is 15.2. The summed E-state index contributed by atoms with van der Waals surface area (Å²) in [6.45, 7) is 7.42. The molecular weight excluding hydrogens is 410 g/mol. The van der Waals surface area contributed by atoms with E-state index in [9.17, 15) is 14.4 Å². The summed E-state index contributed by atoms with van der Waals surface area (Å²) >= 11 is 0. The third-order valence-electron chi connectivity index (χ3n) is 6.30. The van der Waals surface area contributed by atoms with Gasteiger partial charge >= 0.3 is 11.9 Å². The molecule has 1 heterocycles. The molecule has 0 spiro atoms. The van der Waals surface area contributed by atoms with E-state index in [1.165, 1.54) is 7.11 Å². The van der Waals surface area contributed by atoms with Gasteiger partial charge < -0.3 is 19.5 Å². The summed E-state index contributed by atoms with van der Waals surface area (Å²) in [6.07, 6.45) is 0.873. The summed E-state index contributed by atoms with van der Waals surface area (Å²) in [4.78, 5) is 39.5. The summed E-state index contributed by atoms with van der Waals surface area (Å²) in [5.74, 6) is -2.73. The van der Waals surface area contributed by atoms with Crippen molar-refractivity contribution in [3.63, 3.8) is 0 Å². The molecule has 1 aromatic rings. The highest BCUT2D eigenvalue weighted by Gasteiger charge is 2.47. The van der Waals surface area contributed by atoms with Crippen LogP contribution in [-0.2, 0) is 23.9 Å². The van der Waals surface area contributed by atoms with Gasteiger partial charge in [0.25, 0.3) is 0 Å². The molecule has 0 aromatic heterocycles. The fourth-order valence-corrected chi connectivity index (χ4v) is 4.50. The minimum Gasteiger partial charge on any atom is -0.496 e. The Morgan fingerprint density at radius 3 is 2.53 bits per heavy atom. The van der Waals surface area contributed by atoms with E-state index in [-0.39, 0.29) is 17.8 Å². The molecule has 1 aliphatic heterocycles. The van der Waals surface area contributed by atoms with Gasteiger partial charge in [-0.05, 0) is 38.7 Å². The van der Waals surface area contributed by atoms with Gasteiger partial charge in [0.05, 0.1) is 31.8 Å². The van der Waals surface area contributed by atoms with Gasteiger partial charge in [0.1, 0.15) is 11.7 Å². The van der Waals surface area contributed by atoms with Gasteiger partial charge in [-0.3, -0.25) is 9.59 Å². The Labute approximate surface area is 188 Å².